The summed E-state index contributed by atoms with van der Waals surface area (Å²) in [6.45, 7) is 0.637. The lowest BCUT2D eigenvalue weighted by atomic mass is 10.1. The molecule has 6 rings (SSSR count). The Balaban J connectivity index is 1.56. The van der Waals surface area contributed by atoms with Gasteiger partial charge in [0.25, 0.3) is 0 Å². The van der Waals surface area contributed by atoms with Crippen molar-refractivity contribution in [3.8, 4) is 5.69 Å². The van der Waals surface area contributed by atoms with E-state index in [4.69, 9.17) is 5.73 Å². The van der Waals surface area contributed by atoms with Crippen LogP contribution in [-0.2, 0) is 0 Å². The average Bonchev–Trinajstić information content (AvgIpc) is 3.36. The maximum atomic E-state index is 14.0. The van der Waals surface area contributed by atoms with Gasteiger partial charge in [0.2, 0.25) is 0 Å². The topological polar surface area (TPSA) is 34.2 Å². The summed E-state index contributed by atoms with van der Waals surface area (Å²) < 4.78 is 16.2. The summed E-state index contributed by atoms with van der Waals surface area (Å²) in [5.74, 6) is -0.240. The molecule has 0 amide bonds. The number of fused-ring (bicyclic) bond motifs is 2. The second-order valence-corrected chi connectivity index (χ2v) is 8.24. The van der Waals surface area contributed by atoms with E-state index in [2.05, 4.69) is 51.9 Å². The lowest BCUT2D eigenvalue weighted by molar-refractivity contribution is 0.628. The molecule has 33 heavy (non-hydrogen) atoms. The highest BCUT2D eigenvalue weighted by Crippen LogP contribution is 2.42. The van der Waals surface area contributed by atoms with Gasteiger partial charge in [0.15, 0.2) is 0 Å². The Kier molecular flexibility index (Phi) is 4.51. The molecule has 2 N–H and O–H groups in total. The Hall–Kier alpha value is -4.31. The molecule has 0 saturated carbocycles. The first-order chi connectivity index (χ1) is 16.2. The molecule has 0 aliphatic carbocycles. The Morgan fingerprint density at radius 3 is 2.33 bits per heavy atom. The molecule has 3 nitrogen and oxygen atoms in total. The highest BCUT2D eigenvalue weighted by atomic mass is 19.1. The van der Waals surface area contributed by atoms with E-state index in [0.29, 0.717) is 6.54 Å². The first-order valence-electron chi connectivity index (χ1n) is 11.0. The van der Waals surface area contributed by atoms with Gasteiger partial charge in [0.1, 0.15) is 5.82 Å². The van der Waals surface area contributed by atoms with Crippen molar-refractivity contribution in [3.05, 3.63) is 120 Å². The molecule has 2 heterocycles. The molecule has 5 aromatic rings. The molecule has 4 aromatic carbocycles. The predicted molar refractivity (Wildman–Crippen MR) is 135 cm³/mol. The molecule has 0 spiro atoms. The number of nitrogens with zero attached hydrogens (tertiary/aromatic N) is 2. The van der Waals surface area contributed by atoms with Crippen LogP contribution in [0, 0.1) is 5.82 Å². The molecule has 160 valence electrons. The number of benzene rings is 4. The summed E-state index contributed by atoms with van der Waals surface area (Å²) in [4.78, 5) is 2.15. The Bertz CT molecular complexity index is 1510. The minimum absolute atomic E-state index is 0.240. The molecule has 0 unspecified atom stereocenters. The number of nitrogens with two attached hydrogens (primary N) is 1. The van der Waals surface area contributed by atoms with Gasteiger partial charge in [0, 0.05) is 34.6 Å². The number of aromatic nitrogens is 1. The van der Waals surface area contributed by atoms with E-state index >= 15 is 0 Å². The van der Waals surface area contributed by atoms with Crippen molar-refractivity contribution < 1.29 is 4.39 Å². The van der Waals surface area contributed by atoms with Crippen LogP contribution < -0.4 is 10.6 Å². The average molecular weight is 432 g/mol. The number of rotatable bonds is 3. The van der Waals surface area contributed by atoms with Crippen LogP contribution in [0.1, 0.15) is 11.3 Å². The number of hydrogen-bond donors (Lipinski definition) is 1. The third-order valence-corrected chi connectivity index (χ3v) is 6.27. The predicted octanol–water partition coefficient (Wildman–Crippen LogP) is 7.04. The van der Waals surface area contributed by atoms with Gasteiger partial charge in [-0.05, 0) is 54.1 Å². The van der Waals surface area contributed by atoms with Crippen molar-refractivity contribution in [3.63, 3.8) is 0 Å². The zero-order valence-corrected chi connectivity index (χ0v) is 17.9. The van der Waals surface area contributed by atoms with Gasteiger partial charge in [-0.2, -0.15) is 0 Å². The van der Waals surface area contributed by atoms with Gasteiger partial charge >= 0.3 is 0 Å². The zero-order chi connectivity index (χ0) is 22.4. The van der Waals surface area contributed by atoms with E-state index in [1.807, 2.05) is 48.5 Å². The molecule has 0 radical (unpaired) electrons. The second-order valence-electron chi connectivity index (χ2n) is 8.24. The van der Waals surface area contributed by atoms with Crippen molar-refractivity contribution in [1.29, 1.82) is 0 Å². The van der Waals surface area contributed by atoms with Crippen LogP contribution in [0.2, 0.25) is 0 Å². The van der Waals surface area contributed by atoms with Gasteiger partial charge in [-0.1, -0.05) is 60.7 Å². The van der Waals surface area contributed by atoms with Gasteiger partial charge < -0.3 is 15.2 Å². The Morgan fingerprint density at radius 1 is 0.758 bits per heavy atom. The van der Waals surface area contributed by atoms with Crippen molar-refractivity contribution >= 4 is 39.6 Å². The number of nitrogen functional groups attached to an aromatic ring is 1. The largest absolute Gasteiger partial charge is 0.396 e. The lowest BCUT2D eigenvalue weighted by Crippen LogP contribution is -2.13. The van der Waals surface area contributed by atoms with Crippen LogP contribution >= 0.6 is 0 Å². The summed E-state index contributed by atoms with van der Waals surface area (Å²) in [5.41, 5.74) is 14.7. The normalized spacial score (nSPS) is 14.2. The first kappa shape index (κ1) is 19.4. The zero-order valence-electron chi connectivity index (χ0n) is 17.9. The van der Waals surface area contributed by atoms with E-state index in [0.717, 1.165) is 50.5 Å². The van der Waals surface area contributed by atoms with Crippen molar-refractivity contribution in [2.24, 2.45) is 0 Å². The number of anilines is 3. The van der Waals surface area contributed by atoms with Gasteiger partial charge in [-0.3, -0.25) is 0 Å². The molecule has 4 heteroatoms. The van der Waals surface area contributed by atoms with Gasteiger partial charge in [-0.15, -0.1) is 0 Å². The molecular weight excluding hydrogens is 409 g/mol. The van der Waals surface area contributed by atoms with E-state index in [1.165, 1.54) is 6.07 Å². The highest BCUT2D eigenvalue weighted by Gasteiger charge is 2.26. The summed E-state index contributed by atoms with van der Waals surface area (Å²) >= 11 is 0. The third-order valence-electron chi connectivity index (χ3n) is 6.27. The van der Waals surface area contributed by atoms with Gasteiger partial charge in [0.05, 0.1) is 16.9 Å². The third kappa shape index (κ3) is 3.19. The maximum Gasteiger partial charge on any atom is 0.125 e. The Morgan fingerprint density at radius 2 is 1.48 bits per heavy atom. The van der Waals surface area contributed by atoms with E-state index in [-0.39, 0.29) is 5.82 Å². The molecule has 1 aliphatic heterocycles. The number of para-hydroxylation sites is 3. The number of halogens is 1. The fourth-order valence-corrected chi connectivity index (χ4v) is 4.77. The van der Waals surface area contributed by atoms with Gasteiger partial charge in [-0.25, -0.2) is 4.39 Å². The summed E-state index contributed by atoms with van der Waals surface area (Å²) in [7, 11) is 0. The first-order valence-corrected chi connectivity index (χ1v) is 11.0. The molecule has 0 atom stereocenters. The minimum atomic E-state index is -0.240. The summed E-state index contributed by atoms with van der Waals surface area (Å²) in [5, 5.41) is 1.03. The van der Waals surface area contributed by atoms with E-state index in [9.17, 15) is 4.39 Å². The SMILES string of the molecule is Nc1c(/C=C2\CN(c3cccc(F)c3)c3ccccc32)n(-c2ccccc2)c2ccccc12. The monoisotopic (exact) mass is 431 g/mol. The van der Waals surface area contributed by atoms with Crippen molar-refractivity contribution in [1.82, 2.24) is 4.57 Å². The second kappa shape index (κ2) is 7.68. The lowest BCUT2D eigenvalue weighted by Gasteiger charge is -2.19. The Labute approximate surface area is 191 Å². The van der Waals surface area contributed by atoms with Crippen LogP contribution in [0.4, 0.5) is 21.5 Å². The smallest absolute Gasteiger partial charge is 0.125 e. The van der Waals surface area contributed by atoms with E-state index in [1.54, 1.807) is 12.1 Å². The molecule has 0 bridgehead atoms. The minimum Gasteiger partial charge on any atom is -0.396 e. The van der Waals surface area contributed by atoms with Crippen LogP contribution in [0.25, 0.3) is 28.2 Å². The maximum absolute atomic E-state index is 14.0. The van der Waals surface area contributed by atoms with Crippen LogP contribution in [0.15, 0.2) is 103 Å². The van der Waals surface area contributed by atoms with Crippen molar-refractivity contribution in [2.45, 2.75) is 0 Å². The molecule has 1 aromatic heterocycles. The number of hydrogen-bond acceptors (Lipinski definition) is 2. The fraction of sp³-hybridized carbons (Fsp3) is 0.0345. The fourth-order valence-electron chi connectivity index (χ4n) is 4.77. The van der Waals surface area contributed by atoms with E-state index < -0.39 is 0 Å². The van der Waals surface area contributed by atoms with Crippen LogP contribution in [0.3, 0.4) is 0 Å². The highest BCUT2D eigenvalue weighted by molar-refractivity contribution is 6.03. The van der Waals surface area contributed by atoms with Crippen LogP contribution in [0.5, 0.6) is 0 Å². The standard InChI is InChI=1S/C29H22FN3/c30-21-9-8-12-23(18-21)32-19-20(24-13-4-6-15-26(24)32)17-28-29(31)25-14-5-7-16-27(25)33(28)22-10-2-1-3-11-22/h1-18H,19,31H2/b20-17+. The summed E-state index contributed by atoms with van der Waals surface area (Å²) in [6, 6.07) is 33.5. The molecule has 0 fully saturated rings. The molecular formula is C29H22FN3. The molecule has 1 aliphatic rings. The molecule has 0 saturated heterocycles. The quantitative estimate of drug-likeness (QED) is 0.332. The summed E-state index contributed by atoms with van der Waals surface area (Å²) in [6.07, 6.45) is 2.18. The van der Waals surface area contributed by atoms with Crippen molar-refractivity contribution in [2.75, 3.05) is 17.2 Å². The van der Waals surface area contributed by atoms with Crippen LogP contribution in [-0.4, -0.2) is 11.1 Å².